The number of hydrogen-bond acceptors (Lipinski definition) is 2. The van der Waals surface area contributed by atoms with E-state index in [1.807, 2.05) is 18.2 Å². The summed E-state index contributed by atoms with van der Waals surface area (Å²) in [7, 11) is 0. The van der Waals surface area contributed by atoms with Gasteiger partial charge in [-0.25, -0.2) is 0 Å². The van der Waals surface area contributed by atoms with Crippen molar-refractivity contribution < 1.29 is 18.0 Å². The molecule has 3 rings (SSSR count). The highest BCUT2D eigenvalue weighted by atomic mass is 19.4. The van der Waals surface area contributed by atoms with Gasteiger partial charge in [-0.3, -0.25) is 4.79 Å². The zero-order chi connectivity index (χ0) is 18.9. The average molecular weight is 354 g/mol. The first-order valence-corrected chi connectivity index (χ1v) is 7.72. The van der Waals surface area contributed by atoms with Gasteiger partial charge in [0.05, 0.1) is 11.1 Å². The van der Waals surface area contributed by atoms with E-state index in [1.54, 1.807) is 19.1 Å². The standard InChI is InChI=1S/C20H13F3N2O/c1-12-18(16-4-2-3-5-17(16)25-12)19(26)14(11-24)10-13-6-8-15(9-7-13)20(21,22)23/h2-10,25H,1H3/b14-10+. The Kier molecular flexibility index (Phi) is 4.39. The van der Waals surface area contributed by atoms with Crippen LogP contribution in [-0.4, -0.2) is 10.8 Å². The number of rotatable bonds is 3. The lowest BCUT2D eigenvalue weighted by molar-refractivity contribution is -0.137. The van der Waals surface area contributed by atoms with Gasteiger partial charge in [0.15, 0.2) is 0 Å². The molecule has 0 fully saturated rings. The molecule has 0 radical (unpaired) electrons. The van der Waals surface area contributed by atoms with E-state index in [-0.39, 0.29) is 5.57 Å². The normalized spacial score (nSPS) is 12.2. The first-order chi connectivity index (χ1) is 12.3. The topological polar surface area (TPSA) is 56.6 Å². The number of aromatic amines is 1. The maximum atomic E-state index is 12.8. The van der Waals surface area contributed by atoms with Crippen molar-refractivity contribution >= 4 is 22.8 Å². The number of nitrogens with one attached hydrogen (secondary N) is 1. The fourth-order valence-electron chi connectivity index (χ4n) is 2.79. The summed E-state index contributed by atoms with van der Waals surface area (Å²) in [4.78, 5) is 15.9. The van der Waals surface area contributed by atoms with Crippen molar-refractivity contribution in [1.82, 2.24) is 4.98 Å². The molecule has 0 aliphatic rings. The molecule has 1 aromatic heterocycles. The van der Waals surface area contributed by atoms with Crippen LogP contribution in [0.2, 0.25) is 0 Å². The Morgan fingerprint density at radius 1 is 1.12 bits per heavy atom. The number of benzene rings is 2. The molecule has 0 bridgehead atoms. The van der Waals surface area contributed by atoms with E-state index in [0.717, 1.165) is 17.6 Å². The Morgan fingerprint density at radius 3 is 2.38 bits per heavy atom. The third-order valence-corrected chi connectivity index (χ3v) is 4.03. The van der Waals surface area contributed by atoms with Crippen LogP contribution < -0.4 is 0 Å². The number of aromatic nitrogens is 1. The van der Waals surface area contributed by atoms with Crippen LogP contribution in [0.1, 0.15) is 27.2 Å². The van der Waals surface area contributed by atoms with E-state index >= 15 is 0 Å². The number of nitriles is 1. The van der Waals surface area contributed by atoms with Gasteiger partial charge in [0.25, 0.3) is 0 Å². The number of carbonyl (C=O) groups excluding carboxylic acids is 1. The number of nitrogens with zero attached hydrogens (tertiary/aromatic N) is 1. The van der Waals surface area contributed by atoms with Gasteiger partial charge < -0.3 is 4.98 Å². The first-order valence-electron chi connectivity index (χ1n) is 7.72. The Bertz CT molecular complexity index is 1050. The molecular weight excluding hydrogens is 341 g/mol. The number of ketones is 1. The molecule has 0 aliphatic carbocycles. The Labute approximate surface area is 147 Å². The molecule has 3 nitrogen and oxygen atoms in total. The smallest absolute Gasteiger partial charge is 0.358 e. The molecule has 26 heavy (non-hydrogen) atoms. The van der Waals surface area contributed by atoms with Gasteiger partial charge in [-0.05, 0) is 36.8 Å². The van der Waals surface area contributed by atoms with Crippen molar-refractivity contribution in [1.29, 1.82) is 5.26 Å². The van der Waals surface area contributed by atoms with Gasteiger partial charge in [-0.1, -0.05) is 30.3 Å². The lowest BCUT2D eigenvalue weighted by atomic mass is 9.99. The number of Topliss-reactive ketones (excluding diaryl/α,β-unsaturated/α-hetero) is 1. The number of para-hydroxylation sites is 1. The van der Waals surface area contributed by atoms with Gasteiger partial charge in [0.1, 0.15) is 11.6 Å². The largest absolute Gasteiger partial charge is 0.416 e. The third-order valence-electron chi connectivity index (χ3n) is 4.03. The second-order valence-electron chi connectivity index (χ2n) is 5.79. The second kappa shape index (κ2) is 6.52. The number of alkyl halides is 3. The number of hydrogen-bond donors (Lipinski definition) is 1. The van der Waals surface area contributed by atoms with Gasteiger partial charge in [0.2, 0.25) is 5.78 Å². The van der Waals surface area contributed by atoms with Crippen LogP contribution in [0.15, 0.2) is 54.1 Å². The van der Waals surface area contributed by atoms with E-state index in [0.29, 0.717) is 22.2 Å². The number of halogens is 3. The van der Waals surface area contributed by atoms with Crippen LogP contribution in [-0.2, 0) is 6.18 Å². The monoisotopic (exact) mass is 354 g/mol. The zero-order valence-corrected chi connectivity index (χ0v) is 13.7. The molecule has 0 saturated carbocycles. The summed E-state index contributed by atoms with van der Waals surface area (Å²) in [6, 6.07) is 13.4. The number of H-pyrrole nitrogens is 1. The summed E-state index contributed by atoms with van der Waals surface area (Å²) in [5.74, 6) is -0.470. The van der Waals surface area contributed by atoms with Crippen molar-refractivity contribution in [2.75, 3.05) is 0 Å². The van der Waals surface area contributed by atoms with Gasteiger partial charge in [0, 0.05) is 16.6 Å². The first kappa shape index (κ1) is 17.5. The van der Waals surface area contributed by atoms with Crippen molar-refractivity contribution in [3.63, 3.8) is 0 Å². The number of fused-ring (bicyclic) bond motifs is 1. The summed E-state index contributed by atoms with van der Waals surface area (Å²) in [5.41, 5.74) is 1.22. The molecule has 0 unspecified atom stereocenters. The highest BCUT2D eigenvalue weighted by Crippen LogP contribution is 2.30. The van der Waals surface area contributed by atoms with Gasteiger partial charge in [-0.2, -0.15) is 18.4 Å². The molecule has 1 heterocycles. The Hall–Kier alpha value is -3.33. The molecule has 6 heteroatoms. The Morgan fingerprint density at radius 2 is 1.77 bits per heavy atom. The van der Waals surface area contributed by atoms with Crippen LogP contribution in [0, 0.1) is 18.3 Å². The van der Waals surface area contributed by atoms with Crippen LogP contribution >= 0.6 is 0 Å². The predicted molar refractivity (Wildman–Crippen MR) is 92.4 cm³/mol. The summed E-state index contributed by atoms with van der Waals surface area (Å²) >= 11 is 0. The second-order valence-corrected chi connectivity index (χ2v) is 5.79. The van der Waals surface area contributed by atoms with Crippen molar-refractivity contribution in [2.45, 2.75) is 13.1 Å². The molecule has 3 aromatic rings. The van der Waals surface area contributed by atoms with Crippen LogP contribution in [0.4, 0.5) is 13.2 Å². The maximum Gasteiger partial charge on any atom is 0.416 e. The van der Waals surface area contributed by atoms with Crippen molar-refractivity contribution in [2.24, 2.45) is 0 Å². The number of aryl methyl sites for hydroxylation is 1. The molecular formula is C20H13F3N2O. The minimum absolute atomic E-state index is 0.141. The molecule has 0 saturated heterocycles. The summed E-state index contributed by atoms with van der Waals surface area (Å²) in [6.45, 7) is 1.74. The fourth-order valence-corrected chi connectivity index (χ4v) is 2.79. The molecule has 130 valence electrons. The average Bonchev–Trinajstić information content (AvgIpc) is 2.94. The molecule has 2 aromatic carbocycles. The van der Waals surface area contributed by atoms with E-state index in [1.165, 1.54) is 18.2 Å². The van der Waals surface area contributed by atoms with Crippen LogP contribution in [0.25, 0.3) is 17.0 Å². The van der Waals surface area contributed by atoms with Gasteiger partial charge in [-0.15, -0.1) is 0 Å². The molecule has 0 atom stereocenters. The predicted octanol–water partition coefficient (Wildman–Crippen LogP) is 5.29. The van der Waals surface area contributed by atoms with E-state index in [4.69, 9.17) is 0 Å². The highest BCUT2D eigenvalue weighted by Gasteiger charge is 2.30. The van der Waals surface area contributed by atoms with Crippen molar-refractivity contribution in [3.8, 4) is 6.07 Å². The highest BCUT2D eigenvalue weighted by molar-refractivity contribution is 6.20. The lowest BCUT2D eigenvalue weighted by Gasteiger charge is -2.06. The quantitative estimate of drug-likeness (QED) is 0.395. The van der Waals surface area contributed by atoms with E-state index < -0.39 is 17.5 Å². The summed E-state index contributed by atoms with van der Waals surface area (Å²) in [6.07, 6.45) is -3.14. The molecule has 1 N–H and O–H groups in total. The van der Waals surface area contributed by atoms with Crippen LogP contribution in [0.5, 0.6) is 0 Å². The zero-order valence-electron chi connectivity index (χ0n) is 13.7. The number of allylic oxidation sites excluding steroid dienone is 1. The molecule has 0 amide bonds. The minimum Gasteiger partial charge on any atom is -0.358 e. The SMILES string of the molecule is Cc1[nH]c2ccccc2c1C(=O)/C(C#N)=C/c1ccc(C(F)(F)F)cc1. The van der Waals surface area contributed by atoms with Crippen LogP contribution in [0.3, 0.4) is 0 Å². The molecule has 0 aliphatic heterocycles. The minimum atomic E-state index is -4.43. The lowest BCUT2D eigenvalue weighted by Crippen LogP contribution is -2.05. The third kappa shape index (κ3) is 3.24. The maximum absolute atomic E-state index is 12.8. The van der Waals surface area contributed by atoms with E-state index in [9.17, 15) is 23.2 Å². The van der Waals surface area contributed by atoms with E-state index in [2.05, 4.69) is 4.98 Å². The number of carbonyl (C=O) groups is 1. The Balaban J connectivity index is 2.00. The fraction of sp³-hybridized carbons (Fsp3) is 0.100. The van der Waals surface area contributed by atoms with Crippen molar-refractivity contribution in [3.05, 3.63) is 76.5 Å². The summed E-state index contributed by atoms with van der Waals surface area (Å²) < 4.78 is 37.9. The van der Waals surface area contributed by atoms with Gasteiger partial charge >= 0.3 is 6.18 Å². The summed E-state index contributed by atoms with van der Waals surface area (Å²) in [5, 5.41) is 10.1. The molecule has 0 spiro atoms.